The maximum atomic E-state index is 11.4. The molecular formula is C10H15Cl2N3O. The van der Waals surface area contributed by atoms with Crippen LogP contribution in [0.3, 0.4) is 0 Å². The SMILES string of the molecule is Cl.Cl.O=C1CNCCN1Cc1ccncc1. The van der Waals surface area contributed by atoms with E-state index >= 15 is 0 Å². The van der Waals surface area contributed by atoms with Gasteiger partial charge in [0.25, 0.3) is 0 Å². The third-order valence-electron chi connectivity index (χ3n) is 2.31. The highest BCUT2D eigenvalue weighted by Crippen LogP contribution is 2.04. The first kappa shape index (κ1) is 15.2. The van der Waals surface area contributed by atoms with Crippen LogP contribution in [0.4, 0.5) is 0 Å². The highest BCUT2D eigenvalue weighted by molar-refractivity contribution is 5.85. The Kier molecular flexibility index (Phi) is 7.05. The van der Waals surface area contributed by atoms with E-state index in [1.165, 1.54) is 0 Å². The largest absolute Gasteiger partial charge is 0.336 e. The summed E-state index contributed by atoms with van der Waals surface area (Å²) in [6.07, 6.45) is 3.50. The summed E-state index contributed by atoms with van der Waals surface area (Å²) >= 11 is 0. The Morgan fingerprint density at radius 2 is 2.00 bits per heavy atom. The number of nitrogens with zero attached hydrogens (tertiary/aromatic N) is 2. The molecule has 0 radical (unpaired) electrons. The fourth-order valence-corrected chi connectivity index (χ4v) is 1.52. The van der Waals surface area contributed by atoms with Gasteiger partial charge in [-0.05, 0) is 17.7 Å². The van der Waals surface area contributed by atoms with Gasteiger partial charge in [-0.1, -0.05) is 0 Å². The van der Waals surface area contributed by atoms with Gasteiger partial charge in [-0.25, -0.2) is 0 Å². The minimum absolute atomic E-state index is 0. The Balaban J connectivity index is 0.00000112. The molecule has 6 heteroatoms. The van der Waals surface area contributed by atoms with Crippen LogP contribution in [-0.4, -0.2) is 35.4 Å². The lowest BCUT2D eigenvalue weighted by molar-refractivity contribution is -0.132. The molecule has 1 aromatic rings. The number of amides is 1. The van der Waals surface area contributed by atoms with Crippen molar-refractivity contribution in [2.75, 3.05) is 19.6 Å². The molecule has 1 aliphatic rings. The summed E-state index contributed by atoms with van der Waals surface area (Å²) in [4.78, 5) is 17.3. The Bertz CT molecular complexity index is 321. The summed E-state index contributed by atoms with van der Waals surface area (Å²) in [6, 6.07) is 3.88. The van der Waals surface area contributed by atoms with Gasteiger partial charge in [0, 0.05) is 32.0 Å². The van der Waals surface area contributed by atoms with Crippen LogP contribution in [0.5, 0.6) is 0 Å². The normalized spacial score (nSPS) is 15.0. The second-order valence-corrected chi connectivity index (χ2v) is 3.35. The zero-order valence-corrected chi connectivity index (χ0v) is 10.4. The van der Waals surface area contributed by atoms with Crippen molar-refractivity contribution >= 4 is 30.7 Å². The van der Waals surface area contributed by atoms with Crippen LogP contribution in [0.1, 0.15) is 5.56 Å². The second kappa shape index (κ2) is 7.44. The van der Waals surface area contributed by atoms with Gasteiger partial charge in [0.1, 0.15) is 0 Å². The van der Waals surface area contributed by atoms with Crippen LogP contribution in [-0.2, 0) is 11.3 Å². The Morgan fingerprint density at radius 3 is 2.62 bits per heavy atom. The molecule has 0 atom stereocenters. The van der Waals surface area contributed by atoms with E-state index in [2.05, 4.69) is 10.3 Å². The van der Waals surface area contributed by atoms with Crippen LogP contribution in [0.2, 0.25) is 0 Å². The Morgan fingerprint density at radius 1 is 1.31 bits per heavy atom. The number of pyridine rings is 1. The maximum Gasteiger partial charge on any atom is 0.236 e. The number of halogens is 2. The Hall–Kier alpha value is -0.840. The summed E-state index contributed by atoms with van der Waals surface area (Å²) in [5, 5.41) is 3.05. The van der Waals surface area contributed by atoms with E-state index in [1.54, 1.807) is 12.4 Å². The molecule has 0 aliphatic carbocycles. The topological polar surface area (TPSA) is 45.2 Å². The molecule has 0 unspecified atom stereocenters. The van der Waals surface area contributed by atoms with E-state index in [9.17, 15) is 4.79 Å². The maximum absolute atomic E-state index is 11.4. The minimum Gasteiger partial charge on any atom is -0.336 e. The van der Waals surface area contributed by atoms with Gasteiger partial charge in [-0.2, -0.15) is 0 Å². The van der Waals surface area contributed by atoms with Crippen molar-refractivity contribution in [3.05, 3.63) is 30.1 Å². The molecule has 2 rings (SSSR count). The molecule has 90 valence electrons. The van der Waals surface area contributed by atoms with Crippen LogP contribution in [0.25, 0.3) is 0 Å². The van der Waals surface area contributed by atoms with Gasteiger partial charge >= 0.3 is 0 Å². The number of carbonyl (C=O) groups excluding carboxylic acids is 1. The number of hydrogen-bond donors (Lipinski definition) is 1. The van der Waals surface area contributed by atoms with Crippen LogP contribution in [0, 0.1) is 0 Å². The van der Waals surface area contributed by atoms with Crippen molar-refractivity contribution in [1.29, 1.82) is 0 Å². The lowest BCUT2D eigenvalue weighted by atomic mass is 10.2. The van der Waals surface area contributed by atoms with E-state index in [4.69, 9.17) is 0 Å². The van der Waals surface area contributed by atoms with Crippen molar-refractivity contribution < 1.29 is 4.79 Å². The minimum atomic E-state index is 0. The smallest absolute Gasteiger partial charge is 0.236 e. The standard InChI is InChI=1S/C10H13N3O.2ClH/c14-10-7-12-5-6-13(10)8-9-1-3-11-4-2-9;;/h1-4,12H,5-8H2;2*1H. The van der Waals surface area contributed by atoms with Gasteiger partial charge < -0.3 is 10.2 Å². The molecule has 1 saturated heterocycles. The van der Waals surface area contributed by atoms with Crippen molar-refractivity contribution in [2.45, 2.75) is 6.54 Å². The number of piperazine rings is 1. The molecule has 1 N–H and O–H groups in total. The van der Waals surface area contributed by atoms with Gasteiger partial charge in [-0.15, -0.1) is 24.8 Å². The van der Waals surface area contributed by atoms with E-state index in [0.717, 1.165) is 18.7 Å². The summed E-state index contributed by atoms with van der Waals surface area (Å²) in [5.74, 6) is 0.174. The lowest BCUT2D eigenvalue weighted by Gasteiger charge is -2.27. The molecule has 1 aromatic heterocycles. The lowest BCUT2D eigenvalue weighted by Crippen LogP contribution is -2.47. The molecule has 4 nitrogen and oxygen atoms in total. The third kappa shape index (κ3) is 3.96. The first-order valence-electron chi connectivity index (χ1n) is 4.73. The van der Waals surface area contributed by atoms with Gasteiger partial charge in [-0.3, -0.25) is 9.78 Å². The number of aromatic nitrogens is 1. The number of carbonyl (C=O) groups is 1. The molecule has 16 heavy (non-hydrogen) atoms. The van der Waals surface area contributed by atoms with E-state index in [1.807, 2.05) is 17.0 Å². The summed E-state index contributed by atoms with van der Waals surface area (Å²) in [7, 11) is 0. The molecule has 2 heterocycles. The number of hydrogen-bond acceptors (Lipinski definition) is 3. The van der Waals surface area contributed by atoms with Crippen LogP contribution < -0.4 is 5.32 Å². The van der Waals surface area contributed by atoms with Crippen LogP contribution in [0.15, 0.2) is 24.5 Å². The monoisotopic (exact) mass is 263 g/mol. The van der Waals surface area contributed by atoms with Gasteiger partial charge in [0.05, 0.1) is 6.54 Å². The molecule has 0 bridgehead atoms. The quantitative estimate of drug-likeness (QED) is 0.861. The summed E-state index contributed by atoms with van der Waals surface area (Å²) in [6.45, 7) is 2.84. The first-order valence-corrected chi connectivity index (χ1v) is 4.73. The molecule has 0 aromatic carbocycles. The molecule has 1 aliphatic heterocycles. The summed E-state index contributed by atoms with van der Waals surface area (Å²) < 4.78 is 0. The summed E-state index contributed by atoms with van der Waals surface area (Å²) in [5.41, 5.74) is 1.13. The highest BCUT2D eigenvalue weighted by atomic mass is 35.5. The second-order valence-electron chi connectivity index (χ2n) is 3.35. The van der Waals surface area contributed by atoms with Crippen molar-refractivity contribution in [3.63, 3.8) is 0 Å². The zero-order chi connectivity index (χ0) is 9.80. The molecule has 1 amide bonds. The predicted molar refractivity (Wildman–Crippen MR) is 67.0 cm³/mol. The number of nitrogens with one attached hydrogen (secondary N) is 1. The fourth-order valence-electron chi connectivity index (χ4n) is 1.52. The van der Waals surface area contributed by atoms with E-state index in [-0.39, 0.29) is 30.7 Å². The zero-order valence-electron chi connectivity index (χ0n) is 8.76. The van der Waals surface area contributed by atoms with Gasteiger partial charge in [0.15, 0.2) is 0 Å². The molecule has 0 spiro atoms. The Labute approximate surface area is 107 Å². The number of rotatable bonds is 2. The molecule has 1 fully saturated rings. The van der Waals surface area contributed by atoms with Crippen LogP contribution >= 0.6 is 24.8 Å². The first-order chi connectivity index (χ1) is 6.86. The molecule has 0 saturated carbocycles. The van der Waals surface area contributed by atoms with Crippen molar-refractivity contribution in [2.24, 2.45) is 0 Å². The highest BCUT2D eigenvalue weighted by Gasteiger charge is 2.16. The molecular weight excluding hydrogens is 249 g/mol. The average molecular weight is 264 g/mol. The van der Waals surface area contributed by atoms with E-state index in [0.29, 0.717) is 13.1 Å². The van der Waals surface area contributed by atoms with E-state index < -0.39 is 0 Å². The third-order valence-corrected chi connectivity index (χ3v) is 2.31. The fraction of sp³-hybridized carbons (Fsp3) is 0.400. The predicted octanol–water partition coefficient (Wildman–Crippen LogP) is 0.857. The average Bonchev–Trinajstić information content (AvgIpc) is 2.23. The van der Waals surface area contributed by atoms with Crippen molar-refractivity contribution in [3.8, 4) is 0 Å². The van der Waals surface area contributed by atoms with Crippen molar-refractivity contribution in [1.82, 2.24) is 15.2 Å². The van der Waals surface area contributed by atoms with Gasteiger partial charge in [0.2, 0.25) is 5.91 Å².